The summed E-state index contributed by atoms with van der Waals surface area (Å²) in [7, 11) is 0. The second-order valence-corrected chi connectivity index (χ2v) is 9.73. The highest BCUT2D eigenvalue weighted by Crippen LogP contribution is 2.48. The van der Waals surface area contributed by atoms with Gasteiger partial charge >= 0.3 is 0 Å². The molecule has 0 spiro atoms. The topological polar surface area (TPSA) is 107 Å². The zero-order chi connectivity index (χ0) is 21.8. The van der Waals surface area contributed by atoms with Crippen molar-refractivity contribution in [3.05, 3.63) is 52.9 Å². The molecular formula is C22H24N6O2S. The van der Waals surface area contributed by atoms with Crippen molar-refractivity contribution in [3.63, 3.8) is 0 Å². The van der Waals surface area contributed by atoms with Crippen LogP contribution in [0.15, 0.2) is 36.8 Å². The third kappa shape index (κ3) is 3.79. The van der Waals surface area contributed by atoms with Crippen molar-refractivity contribution in [1.29, 1.82) is 0 Å². The number of rotatable bonds is 5. The Bertz CT molecular complexity index is 1110. The number of thiazole rings is 1. The van der Waals surface area contributed by atoms with Gasteiger partial charge in [-0.05, 0) is 38.5 Å². The number of ether oxygens (including phenoxy) is 1. The minimum Gasteiger partial charge on any atom is -0.474 e. The maximum Gasteiger partial charge on any atom is 0.265 e. The normalized spacial score (nSPS) is 22.3. The van der Waals surface area contributed by atoms with E-state index in [0.29, 0.717) is 46.5 Å². The molecule has 1 aliphatic carbocycles. The minimum absolute atomic E-state index is 0.0214. The van der Waals surface area contributed by atoms with Gasteiger partial charge in [-0.2, -0.15) is 0 Å². The molecule has 31 heavy (non-hydrogen) atoms. The van der Waals surface area contributed by atoms with Crippen LogP contribution in [0.25, 0.3) is 10.8 Å². The molecule has 0 aromatic carbocycles. The number of nitrogens with zero attached hydrogens (tertiary/aromatic N) is 5. The Morgan fingerprint density at radius 3 is 2.58 bits per heavy atom. The summed E-state index contributed by atoms with van der Waals surface area (Å²) in [6.07, 6.45) is 5.18. The second kappa shape index (κ2) is 7.35. The van der Waals surface area contributed by atoms with Crippen LogP contribution in [0.3, 0.4) is 0 Å². The van der Waals surface area contributed by atoms with Gasteiger partial charge < -0.3 is 15.4 Å². The fourth-order valence-corrected chi connectivity index (χ4v) is 5.05. The molecule has 9 heteroatoms. The van der Waals surface area contributed by atoms with Crippen LogP contribution >= 0.6 is 11.3 Å². The van der Waals surface area contributed by atoms with Gasteiger partial charge in [0.05, 0.1) is 5.69 Å². The van der Waals surface area contributed by atoms with E-state index < -0.39 is 5.54 Å². The number of piperidine rings is 1. The summed E-state index contributed by atoms with van der Waals surface area (Å²) in [5.41, 5.74) is 7.44. The number of nitrogens with two attached hydrogens (primary N) is 1. The van der Waals surface area contributed by atoms with E-state index in [-0.39, 0.29) is 12.0 Å². The van der Waals surface area contributed by atoms with Gasteiger partial charge in [0, 0.05) is 55.1 Å². The molecular weight excluding hydrogens is 412 g/mol. The van der Waals surface area contributed by atoms with Gasteiger partial charge in [-0.15, -0.1) is 11.3 Å². The smallest absolute Gasteiger partial charge is 0.265 e. The first kappa shape index (κ1) is 20.0. The summed E-state index contributed by atoms with van der Waals surface area (Å²) in [6.45, 7) is 7.14. The van der Waals surface area contributed by atoms with Crippen LogP contribution in [-0.2, 0) is 5.54 Å². The highest BCUT2D eigenvalue weighted by molar-refractivity contribution is 7.17. The van der Waals surface area contributed by atoms with Crippen LogP contribution in [0.1, 0.15) is 34.8 Å². The van der Waals surface area contributed by atoms with Crippen molar-refractivity contribution in [1.82, 2.24) is 24.8 Å². The first-order chi connectivity index (χ1) is 14.8. The van der Waals surface area contributed by atoms with Crippen molar-refractivity contribution >= 4 is 17.2 Å². The largest absolute Gasteiger partial charge is 0.474 e. The highest BCUT2D eigenvalue weighted by Gasteiger charge is 2.59. The molecule has 0 radical (unpaired) electrons. The molecule has 4 heterocycles. The minimum atomic E-state index is -0.445. The zero-order valence-electron chi connectivity index (χ0n) is 17.6. The number of pyridine rings is 1. The molecule has 1 saturated carbocycles. The average molecular weight is 437 g/mol. The van der Waals surface area contributed by atoms with E-state index in [1.807, 2.05) is 37.8 Å². The van der Waals surface area contributed by atoms with E-state index in [1.54, 1.807) is 24.7 Å². The van der Waals surface area contributed by atoms with E-state index >= 15 is 0 Å². The van der Waals surface area contributed by atoms with Gasteiger partial charge in [-0.3, -0.25) is 4.79 Å². The quantitative estimate of drug-likeness (QED) is 0.655. The zero-order valence-corrected chi connectivity index (χ0v) is 18.5. The number of aryl methyl sites for hydroxylation is 1. The number of amides is 1. The van der Waals surface area contributed by atoms with Crippen LogP contribution in [0.5, 0.6) is 5.88 Å². The fraction of sp³-hybridized carbons (Fsp3) is 0.409. The molecule has 3 atom stereocenters. The van der Waals surface area contributed by atoms with Crippen LogP contribution in [0, 0.1) is 18.8 Å². The molecule has 1 unspecified atom stereocenters. The van der Waals surface area contributed by atoms with Gasteiger partial charge in [-0.1, -0.05) is 0 Å². The van der Waals surface area contributed by atoms with Gasteiger partial charge in [-0.25, -0.2) is 19.9 Å². The molecule has 1 aliphatic heterocycles. The Labute approximate surface area is 184 Å². The summed E-state index contributed by atoms with van der Waals surface area (Å²) in [6, 6.07) is 5.58. The molecule has 1 amide bonds. The van der Waals surface area contributed by atoms with Crippen LogP contribution in [0.4, 0.5) is 0 Å². The number of carbonyl (C=O) groups excluding carboxylic acids is 1. The fourth-order valence-electron chi connectivity index (χ4n) is 4.07. The van der Waals surface area contributed by atoms with Crippen molar-refractivity contribution in [3.8, 4) is 16.7 Å². The monoisotopic (exact) mass is 436 g/mol. The van der Waals surface area contributed by atoms with E-state index in [1.165, 1.54) is 11.3 Å². The molecule has 2 aliphatic rings. The summed E-state index contributed by atoms with van der Waals surface area (Å²) in [5.74, 6) is 1.84. The first-order valence-electron chi connectivity index (χ1n) is 10.3. The molecule has 2 fully saturated rings. The van der Waals surface area contributed by atoms with Gasteiger partial charge in [0.25, 0.3) is 5.91 Å². The van der Waals surface area contributed by atoms with E-state index in [2.05, 4.69) is 19.9 Å². The van der Waals surface area contributed by atoms with Crippen molar-refractivity contribution in [2.75, 3.05) is 13.1 Å². The lowest BCUT2D eigenvalue weighted by Crippen LogP contribution is -2.33. The number of aromatic nitrogens is 4. The molecule has 3 aromatic rings. The standard InChI is InChI=1S/C22H24N6O2S/c1-12-18(31-20(27-12)19-25-6-4-7-26-19)21(29)28-10-14-15(11-28)17(14)30-16-9-13(5-8-24-16)22(2,3)23/h4-9,14-15,17H,10-11,23H2,1-3H3/t14-,15+,17?. The lowest BCUT2D eigenvalue weighted by molar-refractivity contribution is 0.0755. The Hall–Kier alpha value is -2.91. The van der Waals surface area contributed by atoms with E-state index in [0.717, 1.165) is 11.3 Å². The van der Waals surface area contributed by atoms with Crippen molar-refractivity contribution in [2.45, 2.75) is 32.4 Å². The summed E-state index contributed by atoms with van der Waals surface area (Å²) >= 11 is 1.35. The van der Waals surface area contributed by atoms with Crippen LogP contribution in [-0.4, -0.2) is 49.9 Å². The predicted molar refractivity (Wildman–Crippen MR) is 117 cm³/mol. The predicted octanol–water partition coefficient (Wildman–Crippen LogP) is 2.65. The number of hydrogen-bond acceptors (Lipinski definition) is 8. The SMILES string of the molecule is Cc1nc(-c2ncccn2)sc1C(=O)N1C[C@@H]2C(Oc3cc(C(C)(C)N)ccn3)[C@@H]2C1. The number of hydrogen-bond donors (Lipinski definition) is 1. The Balaban J connectivity index is 1.23. The summed E-state index contributed by atoms with van der Waals surface area (Å²) in [5, 5.41) is 0.667. The number of fused-ring (bicyclic) bond motifs is 1. The molecule has 1 saturated heterocycles. The summed E-state index contributed by atoms with van der Waals surface area (Å²) in [4.78, 5) is 32.9. The van der Waals surface area contributed by atoms with Gasteiger partial charge in [0.1, 0.15) is 11.0 Å². The second-order valence-electron chi connectivity index (χ2n) is 8.73. The average Bonchev–Trinajstić information content (AvgIpc) is 3.10. The third-order valence-electron chi connectivity index (χ3n) is 5.89. The highest BCUT2D eigenvalue weighted by atomic mass is 32.1. The molecule has 8 nitrogen and oxygen atoms in total. The number of likely N-dealkylation sites (tertiary alicyclic amines) is 1. The Morgan fingerprint density at radius 2 is 1.90 bits per heavy atom. The molecule has 160 valence electrons. The van der Waals surface area contributed by atoms with E-state index in [9.17, 15) is 4.79 Å². The maximum atomic E-state index is 13.1. The van der Waals surface area contributed by atoms with Crippen LogP contribution < -0.4 is 10.5 Å². The van der Waals surface area contributed by atoms with Crippen molar-refractivity contribution < 1.29 is 9.53 Å². The molecule has 0 bridgehead atoms. The molecule has 2 N–H and O–H groups in total. The maximum absolute atomic E-state index is 13.1. The summed E-state index contributed by atoms with van der Waals surface area (Å²) < 4.78 is 6.12. The third-order valence-corrected chi connectivity index (χ3v) is 7.03. The van der Waals surface area contributed by atoms with Crippen LogP contribution in [0.2, 0.25) is 0 Å². The lowest BCUT2D eigenvalue weighted by Gasteiger charge is -2.21. The Kier molecular flexibility index (Phi) is 4.75. The van der Waals surface area contributed by atoms with E-state index in [4.69, 9.17) is 10.5 Å². The van der Waals surface area contributed by atoms with Gasteiger partial charge in [0.2, 0.25) is 5.88 Å². The Morgan fingerprint density at radius 1 is 1.19 bits per heavy atom. The van der Waals surface area contributed by atoms with Crippen molar-refractivity contribution in [2.24, 2.45) is 17.6 Å². The number of carbonyl (C=O) groups is 1. The van der Waals surface area contributed by atoms with Gasteiger partial charge in [0.15, 0.2) is 10.8 Å². The lowest BCUT2D eigenvalue weighted by atomic mass is 9.97. The first-order valence-corrected chi connectivity index (χ1v) is 11.1. The molecule has 3 aromatic heterocycles. The molecule has 5 rings (SSSR count).